The van der Waals surface area contributed by atoms with E-state index in [2.05, 4.69) is 17.2 Å². The first-order chi connectivity index (χ1) is 13.2. The highest BCUT2D eigenvalue weighted by Gasteiger charge is 2.04. The maximum atomic E-state index is 12.2. The van der Waals surface area contributed by atoms with Gasteiger partial charge >= 0.3 is 0 Å². The Hall–Kier alpha value is -2.99. The molecule has 0 unspecified atom stereocenters. The molecule has 0 spiro atoms. The lowest BCUT2D eigenvalue weighted by molar-refractivity contribution is -0.114. The van der Waals surface area contributed by atoms with Crippen LogP contribution in [0, 0.1) is 0 Å². The molecule has 0 atom stereocenters. The maximum absolute atomic E-state index is 12.2. The normalized spacial score (nSPS) is 10.1. The van der Waals surface area contributed by atoms with Crippen LogP contribution in [-0.2, 0) is 9.53 Å². The quantitative estimate of drug-likeness (QED) is 0.440. The summed E-state index contributed by atoms with van der Waals surface area (Å²) in [6.07, 6.45) is 1.67. The van der Waals surface area contributed by atoms with Crippen LogP contribution in [0.15, 0.2) is 61.2 Å². The van der Waals surface area contributed by atoms with Gasteiger partial charge in [-0.05, 0) is 31.2 Å². The maximum Gasteiger partial charge on any atom is 0.243 e. The van der Waals surface area contributed by atoms with Gasteiger partial charge in [0.2, 0.25) is 5.91 Å². The number of carbonyl (C=O) groups excluding carboxylic acids is 1. The molecule has 0 aromatic heterocycles. The highest BCUT2D eigenvalue weighted by Crippen LogP contribution is 2.18. The molecule has 0 saturated heterocycles. The van der Waals surface area contributed by atoms with Crippen LogP contribution in [0.3, 0.4) is 0 Å². The average molecular weight is 370 g/mol. The standard InChI is InChI=1S/C21H26N2O4/c1-3-11-26-20-10-6-8-18(15-20)23-21(24)16-22-17-7-5-9-19(14-17)27-13-12-25-4-2/h3,5-10,14-15,22H,1,4,11-13,16H2,2H3,(H,23,24). The van der Waals surface area contributed by atoms with Gasteiger partial charge in [0.05, 0.1) is 13.2 Å². The lowest BCUT2D eigenvalue weighted by atomic mass is 10.3. The Morgan fingerprint density at radius 3 is 2.48 bits per heavy atom. The molecule has 0 fully saturated rings. The zero-order chi connectivity index (χ0) is 19.3. The number of ether oxygens (including phenoxy) is 3. The highest BCUT2D eigenvalue weighted by molar-refractivity contribution is 5.93. The van der Waals surface area contributed by atoms with Crippen molar-refractivity contribution in [1.29, 1.82) is 0 Å². The van der Waals surface area contributed by atoms with E-state index in [-0.39, 0.29) is 12.5 Å². The van der Waals surface area contributed by atoms with E-state index in [4.69, 9.17) is 14.2 Å². The second-order valence-corrected chi connectivity index (χ2v) is 5.60. The van der Waals surface area contributed by atoms with Crippen LogP contribution in [0.4, 0.5) is 11.4 Å². The first kappa shape index (κ1) is 20.3. The molecule has 2 rings (SSSR count). The summed E-state index contributed by atoms with van der Waals surface area (Å²) in [7, 11) is 0. The minimum Gasteiger partial charge on any atom is -0.491 e. The topological polar surface area (TPSA) is 68.8 Å². The van der Waals surface area contributed by atoms with Gasteiger partial charge in [-0.15, -0.1) is 0 Å². The van der Waals surface area contributed by atoms with Crippen molar-refractivity contribution < 1.29 is 19.0 Å². The number of benzene rings is 2. The molecule has 2 aromatic rings. The number of rotatable bonds is 12. The minimum atomic E-state index is -0.154. The van der Waals surface area contributed by atoms with Gasteiger partial charge in [-0.1, -0.05) is 24.8 Å². The van der Waals surface area contributed by atoms with Crippen molar-refractivity contribution in [2.75, 3.05) is 43.6 Å². The largest absolute Gasteiger partial charge is 0.491 e. The van der Waals surface area contributed by atoms with Crippen molar-refractivity contribution >= 4 is 17.3 Å². The molecule has 0 aliphatic carbocycles. The van der Waals surface area contributed by atoms with Crippen LogP contribution in [0.1, 0.15) is 6.92 Å². The zero-order valence-electron chi connectivity index (χ0n) is 15.6. The monoisotopic (exact) mass is 370 g/mol. The highest BCUT2D eigenvalue weighted by atomic mass is 16.5. The Bertz CT molecular complexity index is 734. The van der Waals surface area contributed by atoms with Crippen molar-refractivity contribution in [1.82, 2.24) is 0 Å². The third-order valence-corrected chi connectivity index (χ3v) is 3.47. The summed E-state index contributed by atoms with van der Waals surface area (Å²) in [5, 5.41) is 5.92. The molecule has 0 radical (unpaired) electrons. The predicted octanol–water partition coefficient (Wildman–Crippen LogP) is 3.72. The van der Waals surface area contributed by atoms with E-state index >= 15 is 0 Å². The van der Waals surface area contributed by atoms with Gasteiger partial charge in [0.15, 0.2) is 0 Å². The fourth-order valence-corrected chi connectivity index (χ4v) is 2.26. The molecular weight excluding hydrogens is 344 g/mol. The zero-order valence-corrected chi connectivity index (χ0v) is 15.6. The first-order valence-electron chi connectivity index (χ1n) is 8.89. The molecule has 0 bridgehead atoms. The molecule has 0 saturated carbocycles. The third-order valence-electron chi connectivity index (χ3n) is 3.47. The SMILES string of the molecule is C=CCOc1cccc(NC(=O)CNc2cccc(OCCOCC)c2)c1. The van der Waals surface area contributed by atoms with Crippen molar-refractivity contribution in [3.05, 3.63) is 61.2 Å². The molecule has 0 heterocycles. The summed E-state index contributed by atoms with van der Waals surface area (Å²) in [4.78, 5) is 12.2. The van der Waals surface area contributed by atoms with Crippen molar-refractivity contribution in [2.24, 2.45) is 0 Å². The molecule has 6 nitrogen and oxygen atoms in total. The second-order valence-electron chi connectivity index (χ2n) is 5.60. The van der Waals surface area contributed by atoms with Gasteiger partial charge in [-0.25, -0.2) is 0 Å². The Morgan fingerprint density at radius 1 is 1.04 bits per heavy atom. The van der Waals surface area contributed by atoms with Crippen LogP contribution < -0.4 is 20.1 Å². The summed E-state index contributed by atoms with van der Waals surface area (Å²) < 4.78 is 16.3. The number of anilines is 2. The predicted molar refractivity (Wildman–Crippen MR) is 108 cm³/mol. The van der Waals surface area contributed by atoms with Crippen LogP contribution in [0.2, 0.25) is 0 Å². The Kier molecular flexibility index (Phi) is 8.73. The molecule has 6 heteroatoms. The van der Waals surface area contributed by atoms with Crippen LogP contribution in [0.5, 0.6) is 11.5 Å². The molecule has 0 aliphatic rings. The Morgan fingerprint density at radius 2 is 1.74 bits per heavy atom. The lowest BCUT2D eigenvalue weighted by Crippen LogP contribution is -2.21. The van der Waals surface area contributed by atoms with Crippen LogP contribution >= 0.6 is 0 Å². The van der Waals surface area contributed by atoms with Crippen molar-refractivity contribution in [3.8, 4) is 11.5 Å². The number of carbonyl (C=O) groups is 1. The summed E-state index contributed by atoms with van der Waals surface area (Å²) in [5.41, 5.74) is 1.48. The molecule has 0 aliphatic heterocycles. The molecule has 1 amide bonds. The minimum absolute atomic E-state index is 0.139. The summed E-state index contributed by atoms with van der Waals surface area (Å²) >= 11 is 0. The van der Waals surface area contributed by atoms with E-state index < -0.39 is 0 Å². The van der Waals surface area contributed by atoms with Gasteiger partial charge in [-0.2, -0.15) is 0 Å². The van der Waals surface area contributed by atoms with Gasteiger partial charge < -0.3 is 24.8 Å². The molecular formula is C21H26N2O4. The van der Waals surface area contributed by atoms with E-state index in [1.807, 2.05) is 49.4 Å². The molecule has 2 N–H and O–H groups in total. The van der Waals surface area contributed by atoms with E-state index in [9.17, 15) is 4.79 Å². The van der Waals surface area contributed by atoms with Gasteiger partial charge in [0.25, 0.3) is 0 Å². The Labute approximate surface area is 160 Å². The van der Waals surface area contributed by atoms with Crippen molar-refractivity contribution in [3.63, 3.8) is 0 Å². The fraction of sp³-hybridized carbons (Fsp3) is 0.286. The first-order valence-corrected chi connectivity index (χ1v) is 8.89. The van der Waals surface area contributed by atoms with Crippen LogP contribution in [0.25, 0.3) is 0 Å². The van der Waals surface area contributed by atoms with E-state index in [1.165, 1.54) is 0 Å². The van der Waals surface area contributed by atoms with E-state index in [1.54, 1.807) is 12.1 Å². The second kappa shape index (κ2) is 11.6. The summed E-state index contributed by atoms with van der Waals surface area (Å²) in [6.45, 7) is 7.82. The van der Waals surface area contributed by atoms with E-state index in [0.717, 1.165) is 11.4 Å². The number of hydrogen-bond acceptors (Lipinski definition) is 5. The summed E-state index contributed by atoms with van der Waals surface area (Å²) in [6, 6.07) is 14.7. The fourth-order valence-electron chi connectivity index (χ4n) is 2.26. The van der Waals surface area contributed by atoms with Crippen LogP contribution in [-0.4, -0.2) is 38.9 Å². The molecule has 144 valence electrons. The van der Waals surface area contributed by atoms with E-state index in [0.29, 0.717) is 37.9 Å². The van der Waals surface area contributed by atoms with Gasteiger partial charge in [0.1, 0.15) is 24.7 Å². The lowest BCUT2D eigenvalue weighted by Gasteiger charge is -2.11. The Balaban J connectivity index is 1.80. The van der Waals surface area contributed by atoms with Crippen molar-refractivity contribution in [2.45, 2.75) is 6.92 Å². The number of hydrogen-bond donors (Lipinski definition) is 2. The average Bonchev–Trinajstić information content (AvgIpc) is 2.69. The third kappa shape index (κ3) is 7.83. The number of amides is 1. The number of nitrogens with one attached hydrogen (secondary N) is 2. The van der Waals surface area contributed by atoms with Gasteiger partial charge in [-0.3, -0.25) is 4.79 Å². The smallest absolute Gasteiger partial charge is 0.243 e. The van der Waals surface area contributed by atoms with Gasteiger partial charge in [0, 0.05) is 30.1 Å². The summed E-state index contributed by atoms with van der Waals surface area (Å²) in [5.74, 6) is 1.25. The molecule has 27 heavy (non-hydrogen) atoms. The molecule has 2 aromatic carbocycles.